The number of benzene rings is 1. The van der Waals surface area contributed by atoms with E-state index >= 15 is 0 Å². The van der Waals surface area contributed by atoms with Crippen molar-refractivity contribution in [3.05, 3.63) is 23.8 Å². The Kier molecular flexibility index (Phi) is 5.41. The molecule has 1 amide bonds. The monoisotopic (exact) mass is 294 g/mol. The highest BCUT2D eigenvalue weighted by molar-refractivity contribution is 5.77. The van der Waals surface area contributed by atoms with Crippen molar-refractivity contribution in [2.24, 2.45) is 0 Å². The Bertz CT molecular complexity index is 485. The molecule has 0 spiro atoms. The van der Waals surface area contributed by atoms with Gasteiger partial charge in [0.2, 0.25) is 5.91 Å². The molecular formula is C15H22N2O4. The zero-order valence-electron chi connectivity index (χ0n) is 12.2. The molecule has 116 valence electrons. The Labute approximate surface area is 124 Å². The van der Waals surface area contributed by atoms with Gasteiger partial charge in [0, 0.05) is 38.3 Å². The van der Waals surface area contributed by atoms with E-state index in [2.05, 4.69) is 5.32 Å². The Hall–Kier alpha value is -1.79. The van der Waals surface area contributed by atoms with Crippen LogP contribution in [0.2, 0.25) is 0 Å². The first-order valence-corrected chi connectivity index (χ1v) is 7.11. The molecule has 21 heavy (non-hydrogen) atoms. The second-order valence-corrected chi connectivity index (χ2v) is 5.25. The van der Waals surface area contributed by atoms with Crippen LogP contribution in [-0.2, 0) is 16.1 Å². The number of nitrogens with one attached hydrogen (secondary N) is 1. The molecule has 1 heterocycles. The molecule has 1 aliphatic heterocycles. The summed E-state index contributed by atoms with van der Waals surface area (Å²) >= 11 is 0. The average Bonchev–Trinajstić information content (AvgIpc) is 2.49. The zero-order valence-corrected chi connectivity index (χ0v) is 12.2. The van der Waals surface area contributed by atoms with Crippen molar-refractivity contribution in [2.75, 3.05) is 26.8 Å². The van der Waals surface area contributed by atoms with E-state index < -0.39 is 0 Å². The number of likely N-dealkylation sites (tertiary alicyclic amines) is 1. The first kappa shape index (κ1) is 15.6. The van der Waals surface area contributed by atoms with Gasteiger partial charge in [-0.3, -0.25) is 4.79 Å². The van der Waals surface area contributed by atoms with Crippen LogP contribution < -0.4 is 5.32 Å². The van der Waals surface area contributed by atoms with E-state index in [9.17, 15) is 15.0 Å². The van der Waals surface area contributed by atoms with Crippen LogP contribution in [0.5, 0.6) is 11.5 Å². The lowest BCUT2D eigenvalue weighted by Gasteiger charge is -2.32. The number of para-hydroxylation sites is 1. The molecule has 1 aromatic rings. The van der Waals surface area contributed by atoms with Gasteiger partial charge in [0.05, 0.1) is 0 Å². The summed E-state index contributed by atoms with van der Waals surface area (Å²) in [7, 11) is 1.52. The van der Waals surface area contributed by atoms with E-state index in [1.54, 1.807) is 12.1 Å². The van der Waals surface area contributed by atoms with Crippen molar-refractivity contribution in [2.45, 2.75) is 25.4 Å². The quantitative estimate of drug-likeness (QED) is 0.701. The maximum Gasteiger partial charge on any atom is 0.248 e. The highest BCUT2D eigenvalue weighted by atomic mass is 16.5. The molecule has 0 saturated carbocycles. The minimum Gasteiger partial charge on any atom is -0.504 e. The van der Waals surface area contributed by atoms with E-state index in [4.69, 9.17) is 4.74 Å². The number of rotatable bonds is 5. The van der Waals surface area contributed by atoms with Crippen LogP contribution in [0.1, 0.15) is 18.4 Å². The molecule has 1 fully saturated rings. The SMILES string of the molecule is COCC(=O)N1CCC(NCc2cccc(O)c2O)CC1. The van der Waals surface area contributed by atoms with Gasteiger partial charge in [-0.2, -0.15) is 0 Å². The van der Waals surface area contributed by atoms with E-state index in [0.29, 0.717) is 31.2 Å². The molecule has 3 N–H and O–H groups in total. The minimum atomic E-state index is -0.103. The Morgan fingerprint density at radius 2 is 2.10 bits per heavy atom. The lowest BCUT2D eigenvalue weighted by molar-refractivity contribution is -0.136. The van der Waals surface area contributed by atoms with Crippen molar-refractivity contribution in [1.82, 2.24) is 10.2 Å². The third-order valence-corrected chi connectivity index (χ3v) is 3.79. The predicted molar refractivity (Wildman–Crippen MR) is 78.1 cm³/mol. The van der Waals surface area contributed by atoms with Crippen LogP contribution in [-0.4, -0.2) is 53.9 Å². The Morgan fingerprint density at radius 3 is 2.76 bits per heavy atom. The molecule has 0 aromatic heterocycles. The van der Waals surface area contributed by atoms with Crippen LogP contribution in [0.3, 0.4) is 0 Å². The van der Waals surface area contributed by atoms with Gasteiger partial charge in [-0.05, 0) is 18.9 Å². The van der Waals surface area contributed by atoms with Crippen LogP contribution in [0.15, 0.2) is 18.2 Å². The van der Waals surface area contributed by atoms with Gasteiger partial charge in [0.25, 0.3) is 0 Å². The van der Waals surface area contributed by atoms with Crippen LogP contribution >= 0.6 is 0 Å². The lowest BCUT2D eigenvalue weighted by Crippen LogP contribution is -2.45. The maximum absolute atomic E-state index is 11.7. The summed E-state index contributed by atoms with van der Waals surface area (Å²) in [5.41, 5.74) is 0.674. The summed E-state index contributed by atoms with van der Waals surface area (Å²) in [6, 6.07) is 5.24. The number of methoxy groups -OCH3 is 1. The van der Waals surface area contributed by atoms with E-state index in [1.165, 1.54) is 13.2 Å². The third kappa shape index (κ3) is 4.09. The number of hydrogen-bond donors (Lipinski definition) is 3. The molecule has 0 radical (unpaired) electrons. The van der Waals surface area contributed by atoms with Crippen molar-refractivity contribution in [3.8, 4) is 11.5 Å². The van der Waals surface area contributed by atoms with Gasteiger partial charge in [0.1, 0.15) is 6.61 Å². The summed E-state index contributed by atoms with van der Waals surface area (Å²) in [4.78, 5) is 13.5. The Morgan fingerprint density at radius 1 is 1.38 bits per heavy atom. The number of aromatic hydroxyl groups is 2. The van der Waals surface area contributed by atoms with Crippen molar-refractivity contribution < 1.29 is 19.7 Å². The number of phenols is 2. The molecule has 1 saturated heterocycles. The molecule has 0 bridgehead atoms. The first-order valence-electron chi connectivity index (χ1n) is 7.11. The number of amides is 1. The smallest absolute Gasteiger partial charge is 0.248 e. The standard InChI is InChI=1S/C15H22N2O4/c1-21-10-14(19)17-7-5-12(6-8-17)16-9-11-3-2-4-13(18)15(11)20/h2-4,12,16,18,20H,5-10H2,1H3. The second-order valence-electron chi connectivity index (χ2n) is 5.25. The maximum atomic E-state index is 11.7. The zero-order chi connectivity index (χ0) is 15.2. The van der Waals surface area contributed by atoms with Crippen LogP contribution in [0.4, 0.5) is 0 Å². The number of nitrogens with zero attached hydrogens (tertiary/aromatic N) is 1. The van der Waals surface area contributed by atoms with E-state index in [0.717, 1.165) is 12.8 Å². The van der Waals surface area contributed by atoms with Gasteiger partial charge in [-0.15, -0.1) is 0 Å². The second kappa shape index (κ2) is 7.28. The van der Waals surface area contributed by atoms with Crippen molar-refractivity contribution in [1.29, 1.82) is 0 Å². The molecular weight excluding hydrogens is 272 g/mol. The predicted octanol–water partition coefficient (Wildman–Crippen LogP) is 0.825. The van der Waals surface area contributed by atoms with Crippen molar-refractivity contribution >= 4 is 5.91 Å². The molecule has 1 aliphatic rings. The van der Waals surface area contributed by atoms with E-state index in [1.807, 2.05) is 4.90 Å². The van der Waals surface area contributed by atoms with Crippen LogP contribution in [0.25, 0.3) is 0 Å². The fraction of sp³-hybridized carbons (Fsp3) is 0.533. The van der Waals surface area contributed by atoms with Gasteiger partial charge in [-0.25, -0.2) is 0 Å². The molecule has 2 rings (SSSR count). The molecule has 6 heteroatoms. The first-order chi connectivity index (χ1) is 10.1. The summed E-state index contributed by atoms with van der Waals surface area (Å²) < 4.78 is 4.86. The number of piperidine rings is 1. The Balaban J connectivity index is 1.79. The number of carbonyl (C=O) groups excluding carboxylic acids is 1. The molecule has 0 aliphatic carbocycles. The summed E-state index contributed by atoms with van der Waals surface area (Å²) in [5.74, 6) is -0.145. The molecule has 0 atom stereocenters. The summed E-state index contributed by atoms with van der Waals surface area (Å²) in [6.45, 7) is 2.06. The topological polar surface area (TPSA) is 82.0 Å². The fourth-order valence-electron chi connectivity index (χ4n) is 2.52. The number of carbonyl (C=O) groups is 1. The fourth-order valence-corrected chi connectivity index (χ4v) is 2.52. The normalized spacial score (nSPS) is 16.1. The lowest BCUT2D eigenvalue weighted by atomic mass is 10.0. The van der Waals surface area contributed by atoms with Gasteiger partial charge >= 0.3 is 0 Å². The van der Waals surface area contributed by atoms with Crippen LogP contribution in [0, 0.1) is 0 Å². The number of phenolic OH excluding ortho intramolecular Hbond substituents is 2. The number of ether oxygens (including phenoxy) is 1. The van der Waals surface area contributed by atoms with Gasteiger partial charge < -0.3 is 25.2 Å². The average molecular weight is 294 g/mol. The summed E-state index contributed by atoms with van der Waals surface area (Å²) in [5, 5.41) is 22.6. The third-order valence-electron chi connectivity index (χ3n) is 3.79. The molecule has 6 nitrogen and oxygen atoms in total. The highest BCUT2D eigenvalue weighted by Crippen LogP contribution is 2.28. The molecule has 0 unspecified atom stereocenters. The number of hydrogen-bond acceptors (Lipinski definition) is 5. The minimum absolute atomic E-state index is 0.0292. The van der Waals surface area contributed by atoms with Gasteiger partial charge in [0.15, 0.2) is 11.5 Å². The highest BCUT2D eigenvalue weighted by Gasteiger charge is 2.22. The van der Waals surface area contributed by atoms with E-state index in [-0.39, 0.29) is 24.0 Å². The largest absolute Gasteiger partial charge is 0.504 e. The molecule has 1 aromatic carbocycles. The van der Waals surface area contributed by atoms with Gasteiger partial charge in [-0.1, -0.05) is 12.1 Å². The van der Waals surface area contributed by atoms with Crippen molar-refractivity contribution in [3.63, 3.8) is 0 Å². The summed E-state index contributed by atoms with van der Waals surface area (Å²) in [6.07, 6.45) is 1.74.